The van der Waals surface area contributed by atoms with E-state index in [1.807, 2.05) is 67.1 Å². The third-order valence-corrected chi connectivity index (χ3v) is 5.11. The minimum absolute atomic E-state index is 0.0866. The first kappa shape index (κ1) is 19.8. The van der Waals surface area contributed by atoms with Crippen LogP contribution in [-0.2, 0) is 18.4 Å². The van der Waals surface area contributed by atoms with Gasteiger partial charge in [0.25, 0.3) is 0 Å². The molecule has 28 heavy (non-hydrogen) atoms. The molecule has 1 amide bonds. The van der Waals surface area contributed by atoms with E-state index in [-0.39, 0.29) is 18.3 Å². The highest BCUT2D eigenvalue weighted by molar-refractivity contribution is 7.99. The second-order valence-corrected chi connectivity index (χ2v) is 7.02. The molecule has 0 aliphatic rings. The molecule has 7 nitrogen and oxygen atoms in total. The van der Waals surface area contributed by atoms with Gasteiger partial charge < -0.3 is 19.4 Å². The molecule has 2 aromatic carbocycles. The number of methoxy groups -OCH3 is 1. The van der Waals surface area contributed by atoms with Gasteiger partial charge in [-0.05, 0) is 30.7 Å². The first-order valence-electron chi connectivity index (χ1n) is 8.70. The number of amides is 1. The summed E-state index contributed by atoms with van der Waals surface area (Å²) in [4.78, 5) is 12.2. The molecule has 0 bridgehead atoms. The molecular weight excluding hydrogens is 376 g/mol. The average Bonchev–Trinajstić information content (AvgIpc) is 3.06. The quantitative estimate of drug-likeness (QED) is 0.586. The highest BCUT2D eigenvalue weighted by Gasteiger charge is 2.13. The number of thioether (sulfide) groups is 1. The average molecular weight is 398 g/mol. The van der Waals surface area contributed by atoms with Gasteiger partial charge in [-0.2, -0.15) is 0 Å². The van der Waals surface area contributed by atoms with Crippen molar-refractivity contribution in [2.45, 2.75) is 18.7 Å². The first-order valence-corrected chi connectivity index (χ1v) is 9.69. The highest BCUT2D eigenvalue weighted by Crippen LogP contribution is 2.21. The minimum atomic E-state index is -0.0866. The summed E-state index contributed by atoms with van der Waals surface area (Å²) in [6, 6.07) is 15.0. The monoisotopic (exact) mass is 398 g/mol. The van der Waals surface area contributed by atoms with E-state index in [2.05, 4.69) is 15.5 Å². The molecule has 0 saturated carbocycles. The van der Waals surface area contributed by atoms with Crippen LogP contribution in [0.5, 0.6) is 11.5 Å². The predicted octanol–water partition coefficient (Wildman–Crippen LogP) is 3.44. The molecule has 146 valence electrons. The van der Waals surface area contributed by atoms with Gasteiger partial charge in [0.2, 0.25) is 5.91 Å². The normalized spacial score (nSPS) is 10.5. The lowest BCUT2D eigenvalue weighted by Crippen LogP contribution is -2.15. The van der Waals surface area contributed by atoms with Gasteiger partial charge in [0, 0.05) is 18.8 Å². The Morgan fingerprint density at radius 3 is 2.71 bits per heavy atom. The number of carbonyl (C=O) groups is 1. The summed E-state index contributed by atoms with van der Waals surface area (Å²) in [6.45, 7) is 2.23. The van der Waals surface area contributed by atoms with E-state index in [0.717, 1.165) is 17.0 Å². The molecule has 0 aliphatic carbocycles. The fourth-order valence-corrected chi connectivity index (χ4v) is 3.19. The molecule has 0 saturated heterocycles. The Labute approximate surface area is 168 Å². The number of nitrogens with one attached hydrogen (secondary N) is 1. The summed E-state index contributed by atoms with van der Waals surface area (Å²) in [6.07, 6.45) is 0. The zero-order chi connectivity index (χ0) is 19.9. The SMILES string of the molecule is COc1cccc(OCc2nnc(SCC(=O)Nc3ccccc3C)n2C)c1. The lowest BCUT2D eigenvalue weighted by molar-refractivity contribution is -0.113. The van der Waals surface area contributed by atoms with Crippen molar-refractivity contribution >= 4 is 23.4 Å². The highest BCUT2D eigenvalue weighted by atomic mass is 32.2. The summed E-state index contributed by atoms with van der Waals surface area (Å²) >= 11 is 1.33. The molecule has 1 N–H and O–H groups in total. The van der Waals surface area contributed by atoms with E-state index < -0.39 is 0 Å². The van der Waals surface area contributed by atoms with E-state index in [9.17, 15) is 4.79 Å². The molecule has 1 heterocycles. The van der Waals surface area contributed by atoms with Crippen LogP contribution < -0.4 is 14.8 Å². The van der Waals surface area contributed by atoms with E-state index >= 15 is 0 Å². The molecule has 1 aromatic heterocycles. The zero-order valence-electron chi connectivity index (χ0n) is 16.0. The molecular formula is C20H22N4O3S. The number of ether oxygens (including phenoxy) is 2. The number of aromatic nitrogens is 3. The number of hydrogen-bond donors (Lipinski definition) is 1. The molecule has 0 radical (unpaired) electrons. The Morgan fingerprint density at radius 1 is 1.14 bits per heavy atom. The van der Waals surface area contributed by atoms with Crippen LogP contribution in [0.1, 0.15) is 11.4 Å². The first-order chi connectivity index (χ1) is 13.6. The van der Waals surface area contributed by atoms with Crippen LogP contribution in [-0.4, -0.2) is 33.5 Å². The molecule has 0 atom stereocenters. The number of carbonyl (C=O) groups excluding carboxylic acids is 1. The van der Waals surface area contributed by atoms with Crippen molar-refractivity contribution < 1.29 is 14.3 Å². The number of aryl methyl sites for hydroxylation is 1. The number of benzene rings is 2. The van der Waals surface area contributed by atoms with Crippen LogP contribution in [0.15, 0.2) is 53.7 Å². The van der Waals surface area contributed by atoms with Gasteiger partial charge in [-0.3, -0.25) is 4.79 Å². The van der Waals surface area contributed by atoms with Crippen molar-refractivity contribution in [3.63, 3.8) is 0 Å². The molecule has 8 heteroatoms. The van der Waals surface area contributed by atoms with Crippen molar-refractivity contribution in [2.75, 3.05) is 18.2 Å². The van der Waals surface area contributed by atoms with Crippen LogP contribution in [0.2, 0.25) is 0 Å². The van der Waals surface area contributed by atoms with Crippen LogP contribution in [0.3, 0.4) is 0 Å². The smallest absolute Gasteiger partial charge is 0.234 e. The predicted molar refractivity (Wildman–Crippen MR) is 109 cm³/mol. The van der Waals surface area contributed by atoms with Gasteiger partial charge in [0.05, 0.1) is 12.9 Å². The van der Waals surface area contributed by atoms with Crippen molar-refractivity contribution in [1.82, 2.24) is 14.8 Å². The fraction of sp³-hybridized carbons (Fsp3) is 0.250. The second-order valence-electron chi connectivity index (χ2n) is 6.08. The third-order valence-electron chi connectivity index (χ3n) is 4.09. The van der Waals surface area contributed by atoms with Crippen molar-refractivity contribution in [1.29, 1.82) is 0 Å². The second kappa shape index (κ2) is 9.27. The number of para-hydroxylation sites is 1. The van der Waals surface area contributed by atoms with Gasteiger partial charge in [0.15, 0.2) is 11.0 Å². The molecule has 0 unspecified atom stereocenters. The summed E-state index contributed by atoms with van der Waals surface area (Å²) in [5.41, 5.74) is 1.84. The van der Waals surface area contributed by atoms with Gasteiger partial charge in [-0.1, -0.05) is 36.0 Å². The number of anilines is 1. The Kier molecular flexibility index (Phi) is 6.54. The van der Waals surface area contributed by atoms with Gasteiger partial charge in [-0.15, -0.1) is 10.2 Å². The lowest BCUT2D eigenvalue weighted by Gasteiger charge is -2.08. The van der Waals surface area contributed by atoms with Gasteiger partial charge in [-0.25, -0.2) is 0 Å². The Bertz CT molecular complexity index is 958. The molecule has 0 spiro atoms. The summed E-state index contributed by atoms with van der Waals surface area (Å²) < 4.78 is 12.8. The summed E-state index contributed by atoms with van der Waals surface area (Å²) in [5, 5.41) is 11.9. The standard InChI is InChI=1S/C20H22N4O3S/c1-14-7-4-5-10-17(14)21-19(25)13-28-20-23-22-18(24(20)2)12-27-16-9-6-8-15(11-16)26-3/h4-11H,12-13H2,1-3H3,(H,21,25). The van der Waals surface area contributed by atoms with Crippen molar-refractivity contribution in [2.24, 2.45) is 7.05 Å². The third kappa shape index (κ3) is 5.04. The summed E-state index contributed by atoms with van der Waals surface area (Å²) in [7, 11) is 3.46. The maximum absolute atomic E-state index is 12.2. The van der Waals surface area contributed by atoms with Gasteiger partial charge >= 0.3 is 0 Å². The minimum Gasteiger partial charge on any atom is -0.497 e. The largest absolute Gasteiger partial charge is 0.497 e. The molecule has 0 fully saturated rings. The van der Waals surface area contributed by atoms with Crippen LogP contribution in [0.25, 0.3) is 0 Å². The van der Waals surface area contributed by atoms with E-state index in [4.69, 9.17) is 9.47 Å². The Morgan fingerprint density at radius 2 is 1.93 bits per heavy atom. The molecule has 3 rings (SSSR count). The van der Waals surface area contributed by atoms with Crippen LogP contribution in [0, 0.1) is 6.92 Å². The number of hydrogen-bond acceptors (Lipinski definition) is 6. The van der Waals surface area contributed by atoms with Crippen LogP contribution >= 0.6 is 11.8 Å². The Balaban J connectivity index is 1.54. The van der Waals surface area contributed by atoms with Crippen molar-refractivity contribution in [3.8, 4) is 11.5 Å². The molecule has 3 aromatic rings. The molecule has 0 aliphatic heterocycles. The lowest BCUT2D eigenvalue weighted by atomic mass is 10.2. The maximum Gasteiger partial charge on any atom is 0.234 e. The van der Waals surface area contributed by atoms with Crippen molar-refractivity contribution in [3.05, 3.63) is 59.9 Å². The zero-order valence-corrected chi connectivity index (χ0v) is 16.8. The van der Waals surface area contributed by atoms with E-state index in [1.165, 1.54) is 11.8 Å². The van der Waals surface area contributed by atoms with E-state index in [0.29, 0.717) is 16.7 Å². The fourth-order valence-electron chi connectivity index (χ4n) is 2.46. The Hall–Kier alpha value is -3.00. The summed E-state index contributed by atoms with van der Waals surface area (Å²) in [5.74, 6) is 2.25. The number of nitrogens with zero attached hydrogens (tertiary/aromatic N) is 3. The maximum atomic E-state index is 12.2. The van der Waals surface area contributed by atoms with Gasteiger partial charge in [0.1, 0.15) is 18.1 Å². The topological polar surface area (TPSA) is 78.3 Å². The van der Waals surface area contributed by atoms with E-state index in [1.54, 1.807) is 7.11 Å². The van der Waals surface area contributed by atoms with Crippen LogP contribution in [0.4, 0.5) is 5.69 Å². The number of rotatable bonds is 8.